The zero-order valence-corrected chi connectivity index (χ0v) is 9.34. The van der Waals surface area contributed by atoms with Crippen LogP contribution in [-0.2, 0) is 12.8 Å². The highest BCUT2D eigenvalue weighted by molar-refractivity contribution is 5.35. The van der Waals surface area contributed by atoms with Crippen molar-refractivity contribution in [2.45, 2.75) is 46.0 Å². The van der Waals surface area contributed by atoms with Crippen molar-refractivity contribution < 1.29 is 0 Å². The molecule has 0 aliphatic heterocycles. The van der Waals surface area contributed by atoms with E-state index in [9.17, 15) is 0 Å². The van der Waals surface area contributed by atoms with Crippen molar-refractivity contribution in [2.75, 3.05) is 0 Å². The molecule has 1 aromatic rings. The molecule has 1 unspecified atom stereocenters. The molecule has 0 nitrogen and oxygen atoms in total. The molecule has 0 saturated heterocycles. The molecule has 0 bridgehead atoms. The van der Waals surface area contributed by atoms with E-state index >= 15 is 0 Å². The minimum Gasteiger partial charge on any atom is -0.0651 e. The van der Waals surface area contributed by atoms with E-state index in [-0.39, 0.29) is 0 Å². The molecule has 0 aromatic heterocycles. The first-order valence-corrected chi connectivity index (χ1v) is 5.88. The molecular weight excluding hydrogens is 168 g/mol. The maximum absolute atomic E-state index is 2.33. The summed E-state index contributed by atoms with van der Waals surface area (Å²) in [5.41, 5.74) is 4.75. The van der Waals surface area contributed by atoms with Crippen molar-refractivity contribution in [1.82, 2.24) is 0 Å². The molecule has 1 atom stereocenters. The standard InChI is InChI=1S/C14H20/c1-3-12-7-9-13-6-4-5-11(2)14(13)10-8-12/h4-6,12H,3,7-10H2,1-2H3. The lowest BCUT2D eigenvalue weighted by Crippen LogP contribution is -1.97. The minimum absolute atomic E-state index is 0.960. The Kier molecular flexibility index (Phi) is 2.90. The average molecular weight is 188 g/mol. The third-order valence-electron chi connectivity index (χ3n) is 3.71. The summed E-state index contributed by atoms with van der Waals surface area (Å²) in [6.45, 7) is 4.58. The molecule has 76 valence electrons. The van der Waals surface area contributed by atoms with Crippen LogP contribution in [0.5, 0.6) is 0 Å². The van der Waals surface area contributed by atoms with Crippen molar-refractivity contribution >= 4 is 0 Å². The molecule has 14 heavy (non-hydrogen) atoms. The monoisotopic (exact) mass is 188 g/mol. The molecule has 2 rings (SSSR count). The van der Waals surface area contributed by atoms with Crippen LogP contribution < -0.4 is 0 Å². The van der Waals surface area contributed by atoms with Crippen LogP contribution in [0.2, 0.25) is 0 Å². The third-order valence-corrected chi connectivity index (χ3v) is 3.71. The summed E-state index contributed by atoms with van der Waals surface area (Å²) in [5, 5.41) is 0. The summed E-state index contributed by atoms with van der Waals surface area (Å²) in [5.74, 6) is 0.960. The Bertz CT molecular complexity index is 312. The average Bonchev–Trinajstić information content (AvgIpc) is 2.41. The van der Waals surface area contributed by atoms with Gasteiger partial charge >= 0.3 is 0 Å². The predicted molar refractivity (Wildman–Crippen MR) is 61.6 cm³/mol. The van der Waals surface area contributed by atoms with E-state index in [1.165, 1.54) is 37.7 Å². The van der Waals surface area contributed by atoms with E-state index in [0.717, 1.165) is 5.92 Å². The largest absolute Gasteiger partial charge is 0.0651 e. The maximum atomic E-state index is 2.33. The molecule has 0 saturated carbocycles. The quantitative estimate of drug-likeness (QED) is 0.586. The Morgan fingerprint density at radius 2 is 2.00 bits per heavy atom. The molecule has 0 heterocycles. The van der Waals surface area contributed by atoms with Crippen LogP contribution in [0.25, 0.3) is 0 Å². The fourth-order valence-corrected chi connectivity index (χ4v) is 2.62. The summed E-state index contributed by atoms with van der Waals surface area (Å²) in [4.78, 5) is 0. The van der Waals surface area contributed by atoms with Crippen LogP contribution >= 0.6 is 0 Å². The lowest BCUT2D eigenvalue weighted by atomic mass is 9.97. The second-order valence-electron chi connectivity index (χ2n) is 4.56. The lowest BCUT2D eigenvalue weighted by Gasteiger charge is -2.09. The lowest BCUT2D eigenvalue weighted by molar-refractivity contribution is 0.450. The van der Waals surface area contributed by atoms with Crippen molar-refractivity contribution in [3.05, 3.63) is 34.9 Å². The molecule has 1 aliphatic carbocycles. The topological polar surface area (TPSA) is 0 Å². The zero-order valence-electron chi connectivity index (χ0n) is 9.34. The first-order chi connectivity index (χ1) is 6.81. The van der Waals surface area contributed by atoms with E-state index in [1.807, 2.05) is 0 Å². The first-order valence-electron chi connectivity index (χ1n) is 5.88. The van der Waals surface area contributed by atoms with Crippen LogP contribution in [0.4, 0.5) is 0 Å². The van der Waals surface area contributed by atoms with E-state index in [4.69, 9.17) is 0 Å². The number of hydrogen-bond donors (Lipinski definition) is 0. The van der Waals surface area contributed by atoms with Gasteiger partial charge in [0, 0.05) is 0 Å². The summed E-state index contributed by atoms with van der Waals surface area (Å²) in [7, 11) is 0. The third kappa shape index (κ3) is 1.84. The van der Waals surface area contributed by atoms with Crippen LogP contribution in [0, 0.1) is 12.8 Å². The summed E-state index contributed by atoms with van der Waals surface area (Å²) < 4.78 is 0. The van der Waals surface area contributed by atoms with E-state index < -0.39 is 0 Å². The van der Waals surface area contributed by atoms with Gasteiger partial charge in [-0.05, 0) is 55.2 Å². The van der Waals surface area contributed by atoms with Crippen molar-refractivity contribution in [3.63, 3.8) is 0 Å². The smallest absolute Gasteiger partial charge is 0.0271 e. The molecule has 0 radical (unpaired) electrons. The number of benzene rings is 1. The fraction of sp³-hybridized carbons (Fsp3) is 0.571. The first kappa shape index (κ1) is 9.76. The van der Waals surface area contributed by atoms with Gasteiger partial charge in [0.15, 0.2) is 0 Å². The van der Waals surface area contributed by atoms with Crippen LogP contribution in [-0.4, -0.2) is 0 Å². The van der Waals surface area contributed by atoms with Crippen molar-refractivity contribution in [3.8, 4) is 0 Å². The van der Waals surface area contributed by atoms with E-state index in [1.54, 1.807) is 11.1 Å². The Morgan fingerprint density at radius 3 is 2.79 bits per heavy atom. The Morgan fingerprint density at radius 1 is 1.21 bits per heavy atom. The molecule has 0 fully saturated rings. The Hall–Kier alpha value is -0.780. The van der Waals surface area contributed by atoms with Gasteiger partial charge in [-0.3, -0.25) is 0 Å². The number of hydrogen-bond acceptors (Lipinski definition) is 0. The van der Waals surface area contributed by atoms with Crippen molar-refractivity contribution in [1.29, 1.82) is 0 Å². The Balaban J connectivity index is 2.25. The number of rotatable bonds is 1. The highest BCUT2D eigenvalue weighted by atomic mass is 14.2. The van der Waals surface area contributed by atoms with Gasteiger partial charge in [-0.25, -0.2) is 0 Å². The Labute approximate surface area is 87.3 Å². The van der Waals surface area contributed by atoms with Gasteiger partial charge in [-0.2, -0.15) is 0 Å². The van der Waals surface area contributed by atoms with Gasteiger partial charge in [-0.1, -0.05) is 31.5 Å². The highest BCUT2D eigenvalue weighted by Gasteiger charge is 2.15. The number of fused-ring (bicyclic) bond motifs is 1. The van der Waals surface area contributed by atoms with Crippen LogP contribution in [0.15, 0.2) is 18.2 Å². The molecule has 0 amide bonds. The highest BCUT2D eigenvalue weighted by Crippen LogP contribution is 2.27. The van der Waals surface area contributed by atoms with Gasteiger partial charge in [0.1, 0.15) is 0 Å². The maximum Gasteiger partial charge on any atom is -0.0271 e. The summed E-state index contributed by atoms with van der Waals surface area (Å²) in [6, 6.07) is 6.78. The van der Waals surface area contributed by atoms with Crippen molar-refractivity contribution in [2.24, 2.45) is 5.92 Å². The SMILES string of the molecule is CCC1CCc2cccc(C)c2CC1. The van der Waals surface area contributed by atoms with Crippen LogP contribution in [0.1, 0.15) is 42.9 Å². The predicted octanol–water partition coefficient (Wildman–Crippen LogP) is 3.90. The molecule has 0 heteroatoms. The molecule has 0 N–H and O–H groups in total. The molecule has 1 aliphatic rings. The van der Waals surface area contributed by atoms with E-state index in [0.29, 0.717) is 0 Å². The van der Waals surface area contributed by atoms with Gasteiger partial charge in [0.05, 0.1) is 0 Å². The second kappa shape index (κ2) is 4.16. The second-order valence-corrected chi connectivity index (χ2v) is 4.56. The minimum atomic E-state index is 0.960. The zero-order chi connectivity index (χ0) is 9.97. The van der Waals surface area contributed by atoms with E-state index in [2.05, 4.69) is 32.0 Å². The van der Waals surface area contributed by atoms with Gasteiger partial charge in [-0.15, -0.1) is 0 Å². The molecular formula is C14H20. The fourth-order valence-electron chi connectivity index (χ4n) is 2.62. The number of aryl methyl sites for hydroxylation is 2. The normalized spacial score (nSPS) is 21.4. The van der Waals surface area contributed by atoms with Gasteiger partial charge in [0.25, 0.3) is 0 Å². The molecule has 1 aromatic carbocycles. The van der Waals surface area contributed by atoms with Gasteiger partial charge in [0.2, 0.25) is 0 Å². The van der Waals surface area contributed by atoms with Gasteiger partial charge < -0.3 is 0 Å². The van der Waals surface area contributed by atoms with Crippen LogP contribution in [0.3, 0.4) is 0 Å². The summed E-state index contributed by atoms with van der Waals surface area (Å²) >= 11 is 0. The molecule has 0 spiro atoms. The summed E-state index contributed by atoms with van der Waals surface area (Å²) in [6.07, 6.45) is 6.75.